The van der Waals surface area contributed by atoms with Gasteiger partial charge in [-0.15, -0.1) is 0 Å². The first-order valence-electron chi connectivity index (χ1n) is 13.9. The number of anilines is 2. The zero-order valence-electron chi connectivity index (χ0n) is 23.8. The molecule has 2 heterocycles. The molecule has 210 valence electrons. The molecule has 1 aromatic heterocycles. The fourth-order valence-corrected chi connectivity index (χ4v) is 5.66. The van der Waals surface area contributed by atoms with E-state index >= 15 is 0 Å². The van der Waals surface area contributed by atoms with Crippen molar-refractivity contribution in [2.45, 2.75) is 38.8 Å². The first-order valence-corrected chi connectivity index (χ1v) is 13.9. The number of fused-ring (bicyclic) bond motifs is 3. The van der Waals surface area contributed by atoms with E-state index in [2.05, 4.69) is 9.88 Å². The van der Waals surface area contributed by atoms with Crippen LogP contribution >= 0.6 is 0 Å². The average Bonchev–Trinajstić information content (AvgIpc) is 3.71. The summed E-state index contributed by atoms with van der Waals surface area (Å²) >= 11 is 0. The van der Waals surface area contributed by atoms with E-state index in [1.807, 2.05) is 97.7 Å². The van der Waals surface area contributed by atoms with Gasteiger partial charge in [-0.1, -0.05) is 24.3 Å². The second-order valence-corrected chi connectivity index (χ2v) is 10.6. The largest absolute Gasteiger partial charge is 0.497 e. The Morgan fingerprint density at radius 3 is 2.44 bits per heavy atom. The minimum Gasteiger partial charge on any atom is -0.497 e. The Morgan fingerprint density at radius 1 is 0.927 bits per heavy atom. The highest BCUT2D eigenvalue weighted by atomic mass is 16.5. The molecule has 8 nitrogen and oxygen atoms in total. The summed E-state index contributed by atoms with van der Waals surface area (Å²) in [6, 6.07) is 22.6. The van der Waals surface area contributed by atoms with Crippen LogP contribution in [-0.2, 0) is 4.79 Å². The van der Waals surface area contributed by atoms with E-state index in [9.17, 15) is 9.59 Å². The summed E-state index contributed by atoms with van der Waals surface area (Å²) in [5, 5.41) is 3.06. The minimum atomic E-state index is -0.499. The van der Waals surface area contributed by atoms with Gasteiger partial charge in [0.05, 0.1) is 31.3 Å². The van der Waals surface area contributed by atoms with Gasteiger partial charge in [-0.25, -0.2) is 4.79 Å². The van der Waals surface area contributed by atoms with E-state index in [4.69, 9.17) is 9.47 Å². The SMILES string of the molecule is COc1ccc(OC)c(C2c3cccn3-c3ccccc3N2C(=O)CN(C(=O)Nc2cccc(C)c2C)C2CC2)c1. The summed E-state index contributed by atoms with van der Waals surface area (Å²) in [5.74, 6) is 1.13. The monoisotopic (exact) mass is 550 g/mol. The number of nitrogens with zero attached hydrogens (tertiary/aromatic N) is 3. The van der Waals surface area contributed by atoms with Gasteiger partial charge in [0.1, 0.15) is 24.1 Å². The first kappa shape index (κ1) is 26.5. The molecule has 0 spiro atoms. The molecule has 1 unspecified atom stereocenters. The van der Waals surface area contributed by atoms with Crippen molar-refractivity contribution in [3.63, 3.8) is 0 Å². The Hall–Kier alpha value is -4.72. The van der Waals surface area contributed by atoms with Crippen molar-refractivity contribution in [2.75, 3.05) is 31.0 Å². The van der Waals surface area contributed by atoms with Gasteiger partial charge in [-0.3, -0.25) is 9.69 Å². The van der Waals surface area contributed by atoms with Crippen LogP contribution in [0.2, 0.25) is 0 Å². The molecule has 1 aliphatic heterocycles. The Kier molecular flexibility index (Phi) is 6.91. The number of para-hydroxylation sites is 2. The van der Waals surface area contributed by atoms with E-state index in [0.717, 1.165) is 52.3 Å². The summed E-state index contributed by atoms with van der Waals surface area (Å²) < 4.78 is 13.5. The van der Waals surface area contributed by atoms with Crippen molar-refractivity contribution in [3.05, 3.63) is 101 Å². The van der Waals surface area contributed by atoms with E-state index < -0.39 is 6.04 Å². The number of carbonyl (C=O) groups is 2. The number of urea groups is 1. The molecule has 8 heteroatoms. The fraction of sp³-hybridized carbons (Fsp3) is 0.273. The van der Waals surface area contributed by atoms with Gasteiger partial charge in [0.25, 0.3) is 0 Å². The molecule has 0 radical (unpaired) electrons. The Balaban J connectivity index is 1.40. The Morgan fingerprint density at radius 2 is 1.71 bits per heavy atom. The van der Waals surface area contributed by atoms with Gasteiger partial charge >= 0.3 is 6.03 Å². The number of benzene rings is 3. The molecule has 1 saturated carbocycles. The minimum absolute atomic E-state index is 0.0257. The molecule has 0 bridgehead atoms. The number of nitrogens with one attached hydrogen (secondary N) is 1. The van der Waals surface area contributed by atoms with Gasteiger partial charge in [-0.05, 0) is 86.3 Å². The van der Waals surface area contributed by atoms with Crippen molar-refractivity contribution in [2.24, 2.45) is 0 Å². The number of methoxy groups -OCH3 is 2. The van der Waals surface area contributed by atoms with Crippen LogP contribution in [0.4, 0.5) is 16.2 Å². The van der Waals surface area contributed by atoms with Crippen LogP contribution in [0.5, 0.6) is 11.5 Å². The first-order chi connectivity index (χ1) is 19.9. The highest BCUT2D eigenvalue weighted by Gasteiger charge is 2.41. The number of aromatic nitrogens is 1. The van der Waals surface area contributed by atoms with E-state index in [1.54, 1.807) is 19.1 Å². The van der Waals surface area contributed by atoms with Crippen LogP contribution < -0.4 is 19.7 Å². The molecule has 0 saturated heterocycles. The molecule has 41 heavy (non-hydrogen) atoms. The summed E-state index contributed by atoms with van der Waals surface area (Å²) in [5.41, 5.74) is 6.25. The summed E-state index contributed by atoms with van der Waals surface area (Å²) in [6.07, 6.45) is 3.75. The normalized spacial score (nSPS) is 15.5. The van der Waals surface area contributed by atoms with Gasteiger partial charge in [0, 0.05) is 23.5 Å². The van der Waals surface area contributed by atoms with Crippen LogP contribution in [0.3, 0.4) is 0 Å². The van der Waals surface area contributed by atoms with Crippen LogP contribution in [0, 0.1) is 13.8 Å². The molecular formula is C33H34N4O4. The van der Waals surface area contributed by atoms with Crippen molar-refractivity contribution < 1.29 is 19.1 Å². The third-order valence-corrected chi connectivity index (χ3v) is 8.12. The lowest BCUT2D eigenvalue weighted by atomic mass is 9.96. The zero-order valence-corrected chi connectivity index (χ0v) is 23.8. The highest BCUT2D eigenvalue weighted by Crippen LogP contribution is 2.45. The quantitative estimate of drug-likeness (QED) is 0.295. The standard InChI is InChI=1S/C33H34N4O4/c1-21-9-7-10-26(22(21)2)34-33(39)36(23-14-15-23)20-31(38)37-28-12-6-5-11-27(28)35-18-8-13-29(35)32(37)25-19-24(40-3)16-17-30(25)41-4/h5-13,16-19,23,32H,14-15,20H2,1-4H3,(H,34,39). The third kappa shape index (κ3) is 4.79. The van der Waals surface area contributed by atoms with Crippen LogP contribution in [-0.4, -0.2) is 48.2 Å². The van der Waals surface area contributed by atoms with Gasteiger partial charge < -0.3 is 24.3 Å². The second-order valence-electron chi connectivity index (χ2n) is 10.6. The molecule has 1 aliphatic carbocycles. The van der Waals surface area contributed by atoms with Gasteiger partial charge in [-0.2, -0.15) is 0 Å². The number of amides is 3. The topological polar surface area (TPSA) is 76.0 Å². The summed E-state index contributed by atoms with van der Waals surface area (Å²) in [4.78, 5) is 31.6. The lowest BCUT2D eigenvalue weighted by Crippen LogP contribution is -2.48. The third-order valence-electron chi connectivity index (χ3n) is 8.12. The molecule has 6 rings (SSSR count). The fourth-order valence-electron chi connectivity index (χ4n) is 5.66. The number of ether oxygens (including phenoxy) is 2. The van der Waals surface area contributed by atoms with Crippen molar-refractivity contribution in [1.29, 1.82) is 0 Å². The average molecular weight is 551 g/mol. The summed E-state index contributed by atoms with van der Waals surface area (Å²) in [7, 11) is 3.25. The molecular weight excluding hydrogens is 516 g/mol. The van der Waals surface area contributed by atoms with Crippen molar-refractivity contribution >= 4 is 23.3 Å². The molecule has 1 atom stereocenters. The van der Waals surface area contributed by atoms with E-state index in [0.29, 0.717) is 11.5 Å². The predicted octanol–water partition coefficient (Wildman–Crippen LogP) is 6.24. The number of rotatable bonds is 7. The smallest absolute Gasteiger partial charge is 0.322 e. The Labute approximate surface area is 240 Å². The van der Waals surface area contributed by atoms with Crippen LogP contribution in [0.1, 0.15) is 41.3 Å². The molecule has 1 N–H and O–H groups in total. The van der Waals surface area contributed by atoms with Crippen LogP contribution in [0.25, 0.3) is 5.69 Å². The Bertz CT molecular complexity index is 1620. The number of hydrogen-bond acceptors (Lipinski definition) is 4. The summed E-state index contributed by atoms with van der Waals surface area (Å²) in [6.45, 7) is 3.95. The van der Waals surface area contributed by atoms with E-state index in [-0.39, 0.29) is 24.5 Å². The number of hydrogen-bond donors (Lipinski definition) is 1. The van der Waals surface area contributed by atoms with Crippen LogP contribution in [0.15, 0.2) is 79.0 Å². The van der Waals surface area contributed by atoms with Gasteiger partial charge in [0.15, 0.2) is 0 Å². The number of carbonyl (C=O) groups excluding carboxylic acids is 2. The van der Waals surface area contributed by atoms with Gasteiger partial charge in [0.2, 0.25) is 5.91 Å². The maximum absolute atomic E-state index is 14.5. The molecule has 3 aromatic carbocycles. The lowest BCUT2D eigenvalue weighted by Gasteiger charge is -2.40. The number of aryl methyl sites for hydroxylation is 1. The predicted molar refractivity (Wildman–Crippen MR) is 159 cm³/mol. The molecule has 3 amide bonds. The second kappa shape index (κ2) is 10.7. The maximum Gasteiger partial charge on any atom is 0.322 e. The highest BCUT2D eigenvalue weighted by molar-refractivity contribution is 6.02. The van der Waals surface area contributed by atoms with Crippen molar-refractivity contribution in [3.8, 4) is 17.2 Å². The van der Waals surface area contributed by atoms with E-state index in [1.165, 1.54) is 0 Å². The zero-order chi connectivity index (χ0) is 28.7. The molecule has 2 aliphatic rings. The molecule has 1 fully saturated rings. The van der Waals surface area contributed by atoms with Crippen molar-refractivity contribution in [1.82, 2.24) is 9.47 Å². The lowest BCUT2D eigenvalue weighted by molar-refractivity contribution is -0.119. The molecule has 4 aromatic rings. The maximum atomic E-state index is 14.5.